The van der Waals surface area contributed by atoms with Crippen molar-refractivity contribution in [3.05, 3.63) is 34.2 Å². The highest BCUT2D eigenvalue weighted by atomic mass is 16.2. The molecule has 2 unspecified atom stereocenters. The van der Waals surface area contributed by atoms with E-state index in [0.717, 1.165) is 5.92 Å². The molecule has 1 amide bonds. The Morgan fingerprint density at radius 3 is 2.94 bits per heavy atom. The zero-order valence-electron chi connectivity index (χ0n) is 10.0. The van der Waals surface area contributed by atoms with Gasteiger partial charge in [0.25, 0.3) is 5.91 Å². The van der Waals surface area contributed by atoms with E-state index in [4.69, 9.17) is 0 Å². The summed E-state index contributed by atoms with van der Waals surface area (Å²) in [5.41, 5.74) is 0.0932. The van der Waals surface area contributed by atoms with Crippen molar-refractivity contribution < 1.29 is 4.79 Å². The molecule has 1 aromatic heterocycles. The quantitative estimate of drug-likeness (QED) is 0.833. The maximum atomic E-state index is 11.8. The van der Waals surface area contributed by atoms with Gasteiger partial charge < -0.3 is 10.3 Å². The van der Waals surface area contributed by atoms with Crippen LogP contribution < -0.4 is 10.9 Å². The minimum atomic E-state index is -0.243. The number of rotatable bonds is 3. The van der Waals surface area contributed by atoms with Gasteiger partial charge in [-0.1, -0.05) is 19.4 Å². The Hall–Kier alpha value is -1.58. The van der Waals surface area contributed by atoms with Gasteiger partial charge in [-0.15, -0.1) is 0 Å². The highest BCUT2D eigenvalue weighted by molar-refractivity contribution is 5.92. The molecule has 17 heavy (non-hydrogen) atoms. The van der Waals surface area contributed by atoms with Crippen LogP contribution in [0.25, 0.3) is 0 Å². The van der Waals surface area contributed by atoms with Gasteiger partial charge in [-0.2, -0.15) is 0 Å². The number of carbonyl (C=O) groups is 1. The molecule has 1 saturated carbocycles. The summed E-state index contributed by atoms with van der Waals surface area (Å²) >= 11 is 0. The van der Waals surface area contributed by atoms with Crippen molar-refractivity contribution >= 4 is 5.91 Å². The van der Waals surface area contributed by atoms with Crippen molar-refractivity contribution in [3.8, 4) is 0 Å². The van der Waals surface area contributed by atoms with Crippen LogP contribution in [0.4, 0.5) is 0 Å². The minimum absolute atomic E-state index is 0.192. The number of nitrogens with one attached hydrogen (secondary N) is 2. The summed E-state index contributed by atoms with van der Waals surface area (Å²) in [4.78, 5) is 25.3. The van der Waals surface area contributed by atoms with Gasteiger partial charge in [-0.05, 0) is 30.7 Å². The average molecular weight is 234 g/mol. The first-order chi connectivity index (χ1) is 8.15. The third-order valence-corrected chi connectivity index (χ3v) is 3.37. The normalized spacial score (nSPS) is 23.6. The van der Waals surface area contributed by atoms with Crippen LogP contribution in [0.1, 0.15) is 36.7 Å². The monoisotopic (exact) mass is 234 g/mol. The Morgan fingerprint density at radius 1 is 1.47 bits per heavy atom. The number of pyridine rings is 1. The minimum Gasteiger partial charge on any atom is -0.350 e. The van der Waals surface area contributed by atoms with Crippen molar-refractivity contribution in [1.29, 1.82) is 0 Å². The lowest BCUT2D eigenvalue weighted by molar-refractivity contribution is 0.0942. The van der Waals surface area contributed by atoms with Gasteiger partial charge in [0.15, 0.2) is 0 Å². The van der Waals surface area contributed by atoms with E-state index in [2.05, 4.69) is 17.2 Å². The highest BCUT2D eigenvalue weighted by Gasteiger charge is 2.21. The second kappa shape index (κ2) is 5.17. The number of aromatic amines is 1. The topological polar surface area (TPSA) is 62.0 Å². The van der Waals surface area contributed by atoms with Gasteiger partial charge in [0, 0.05) is 12.6 Å². The number of hydrogen-bond acceptors (Lipinski definition) is 2. The summed E-state index contributed by atoms with van der Waals surface area (Å²) in [6.07, 6.45) is 3.63. The molecule has 1 aromatic rings. The first kappa shape index (κ1) is 11.9. The van der Waals surface area contributed by atoms with E-state index in [1.54, 1.807) is 12.1 Å². The lowest BCUT2D eigenvalue weighted by Crippen LogP contribution is -2.30. The SMILES string of the molecule is CC1CCC(CNC(=O)c2cccc(=O)[nH]2)C1. The summed E-state index contributed by atoms with van der Waals surface area (Å²) in [5, 5.41) is 2.88. The van der Waals surface area contributed by atoms with Crippen LogP contribution in [0.2, 0.25) is 0 Å². The third-order valence-electron chi connectivity index (χ3n) is 3.37. The van der Waals surface area contributed by atoms with Crippen LogP contribution in [0.5, 0.6) is 0 Å². The van der Waals surface area contributed by atoms with Crippen molar-refractivity contribution in [2.24, 2.45) is 11.8 Å². The number of carbonyl (C=O) groups excluding carboxylic acids is 1. The molecule has 2 N–H and O–H groups in total. The molecule has 4 heteroatoms. The van der Waals surface area contributed by atoms with Crippen LogP contribution in [-0.2, 0) is 0 Å². The van der Waals surface area contributed by atoms with Crippen LogP contribution in [0.3, 0.4) is 0 Å². The molecule has 1 heterocycles. The molecular weight excluding hydrogens is 216 g/mol. The van der Waals surface area contributed by atoms with Gasteiger partial charge in [0.1, 0.15) is 5.69 Å². The summed E-state index contributed by atoms with van der Waals surface area (Å²) in [6, 6.07) is 4.61. The van der Waals surface area contributed by atoms with Crippen LogP contribution >= 0.6 is 0 Å². The fourth-order valence-electron chi connectivity index (χ4n) is 2.42. The zero-order chi connectivity index (χ0) is 12.3. The van der Waals surface area contributed by atoms with Crippen molar-refractivity contribution in [2.45, 2.75) is 26.2 Å². The lowest BCUT2D eigenvalue weighted by Gasteiger charge is -2.10. The molecule has 92 valence electrons. The molecule has 0 radical (unpaired) electrons. The van der Waals surface area contributed by atoms with Gasteiger partial charge >= 0.3 is 0 Å². The average Bonchev–Trinajstić information content (AvgIpc) is 2.72. The number of amides is 1. The smallest absolute Gasteiger partial charge is 0.267 e. The fraction of sp³-hybridized carbons (Fsp3) is 0.538. The van der Waals surface area contributed by atoms with Crippen molar-refractivity contribution in [2.75, 3.05) is 6.54 Å². The van der Waals surface area contributed by atoms with E-state index in [1.165, 1.54) is 25.3 Å². The molecule has 2 atom stereocenters. The Kier molecular flexibility index (Phi) is 3.61. The predicted octanol–water partition coefficient (Wildman–Crippen LogP) is 1.54. The summed E-state index contributed by atoms with van der Waals surface area (Å²) in [6.45, 7) is 2.95. The molecule has 0 saturated heterocycles. The largest absolute Gasteiger partial charge is 0.350 e. The van der Waals surface area contributed by atoms with Gasteiger partial charge in [0.2, 0.25) is 5.56 Å². The first-order valence-corrected chi connectivity index (χ1v) is 6.12. The Labute approximate surface area is 100 Å². The van der Waals surface area contributed by atoms with Crippen LogP contribution in [-0.4, -0.2) is 17.4 Å². The summed E-state index contributed by atoms with van der Waals surface area (Å²) in [7, 11) is 0. The molecule has 1 aliphatic carbocycles. The Bertz CT molecular complexity index is 453. The van der Waals surface area contributed by atoms with Crippen molar-refractivity contribution in [3.63, 3.8) is 0 Å². The lowest BCUT2D eigenvalue weighted by atomic mass is 10.1. The standard InChI is InChI=1S/C13H18N2O2/c1-9-5-6-10(7-9)8-14-13(17)11-3-2-4-12(16)15-11/h2-4,9-10H,5-8H2,1H3,(H,14,17)(H,15,16). The van der Waals surface area contributed by atoms with E-state index in [9.17, 15) is 9.59 Å². The third kappa shape index (κ3) is 3.19. The second-order valence-corrected chi connectivity index (χ2v) is 4.92. The van der Waals surface area contributed by atoms with Crippen LogP contribution in [0.15, 0.2) is 23.0 Å². The molecule has 0 aliphatic heterocycles. The maximum absolute atomic E-state index is 11.8. The van der Waals surface area contributed by atoms with Gasteiger partial charge in [-0.3, -0.25) is 9.59 Å². The number of H-pyrrole nitrogens is 1. The fourth-order valence-corrected chi connectivity index (χ4v) is 2.42. The molecule has 0 bridgehead atoms. The molecular formula is C13H18N2O2. The van der Waals surface area contributed by atoms with E-state index in [-0.39, 0.29) is 11.5 Å². The zero-order valence-corrected chi connectivity index (χ0v) is 10.0. The van der Waals surface area contributed by atoms with Crippen molar-refractivity contribution in [1.82, 2.24) is 10.3 Å². The maximum Gasteiger partial charge on any atom is 0.267 e. The predicted molar refractivity (Wildman–Crippen MR) is 65.9 cm³/mol. The number of hydrogen-bond donors (Lipinski definition) is 2. The molecule has 4 nitrogen and oxygen atoms in total. The first-order valence-electron chi connectivity index (χ1n) is 6.12. The molecule has 0 spiro atoms. The van der Waals surface area contributed by atoms with Gasteiger partial charge in [-0.25, -0.2) is 0 Å². The molecule has 0 aromatic carbocycles. The van der Waals surface area contributed by atoms with E-state index in [1.807, 2.05) is 0 Å². The summed E-state index contributed by atoms with van der Waals surface area (Å²) < 4.78 is 0. The van der Waals surface area contributed by atoms with E-state index in [0.29, 0.717) is 18.2 Å². The van der Waals surface area contributed by atoms with E-state index < -0.39 is 0 Å². The Balaban J connectivity index is 1.87. The summed E-state index contributed by atoms with van der Waals surface area (Å²) in [5.74, 6) is 1.17. The Morgan fingerprint density at radius 2 is 2.29 bits per heavy atom. The second-order valence-electron chi connectivity index (χ2n) is 4.92. The van der Waals surface area contributed by atoms with Gasteiger partial charge in [0.05, 0.1) is 0 Å². The highest BCUT2D eigenvalue weighted by Crippen LogP contribution is 2.29. The van der Waals surface area contributed by atoms with E-state index >= 15 is 0 Å². The number of aromatic nitrogens is 1. The van der Waals surface area contributed by atoms with Crippen LogP contribution in [0, 0.1) is 11.8 Å². The molecule has 2 rings (SSSR count). The molecule has 1 fully saturated rings. The molecule has 1 aliphatic rings.